The molecule has 0 bridgehead atoms. The highest BCUT2D eigenvalue weighted by molar-refractivity contribution is 5.90. The number of fused-ring (bicyclic) bond motifs is 1. The molecule has 1 amide bonds. The normalized spacial score (nSPS) is 19.4. The fraction of sp³-hybridized carbons (Fsp3) is 0.300. The molecule has 1 unspecified atom stereocenters. The molecule has 0 saturated carbocycles. The van der Waals surface area contributed by atoms with Gasteiger partial charge in [-0.05, 0) is 23.1 Å². The lowest BCUT2D eigenvalue weighted by Gasteiger charge is -2.22. The Morgan fingerprint density at radius 2 is 2.09 bits per heavy atom. The number of benzene rings is 1. The summed E-state index contributed by atoms with van der Waals surface area (Å²) in [5, 5.41) is 20.0. The fourth-order valence-corrected chi connectivity index (χ4v) is 3.63. The highest BCUT2D eigenvalue weighted by Crippen LogP contribution is 2.29. The van der Waals surface area contributed by atoms with E-state index in [1.807, 2.05) is 0 Å². The van der Waals surface area contributed by atoms with E-state index in [1.165, 1.54) is 40.2 Å². The van der Waals surface area contributed by atoms with E-state index in [2.05, 4.69) is 15.0 Å². The van der Waals surface area contributed by atoms with Crippen molar-refractivity contribution < 1.29 is 33.4 Å². The smallest absolute Gasteiger partial charge is 0.414 e. The number of carbonyl (C=O) groups excluding carboxylic acids is 1. The van der Waals surface area contributed by atoms with E-state index < -0.39 is 29.0 Å². The number of carbonyl (C=O) groups is 1. The summed E-state index contributed by atoms with van der Waals surface area (Å²) in [7, 11) is 0. The number of aliphatic hydroxyl groups excluding tert-OH is 1. The Bertz CT molecular complexity index is 1250. The molecule has 13 nitrogen and oxygen atoms in total. The zero-order valence-electron chi connectivity index (χ0n) is 17.4. The fourth-order valence-electron chi connectivity index (χ4n) is 3.63. The molecule has 14 heteroatoms. The van der Waals surface area contributed by atoms with E-state index in [-0.39, 0.29) is 49.7 Å². The summed E-state index contributed by atoms with van der Waals surface area (Å²) in [5.74, 6) is -0.913. The summed E-state index contributed by atoms with van der Waals surface area (Å²) in [6.07, 6.45) is 2.23. The van der Waals surface area contributed by atoms with E-state index in [1.54, 1.807) is 6.07 Å². The monoisotopic (exact) mass is 472 g/mol. The maximum Gasteiger partial charge on any atom is 0.414 e. The second-order valence-electron chi connectivity index (χ2n) is 7.56. The minimum Gasteiger partial charge on any atom is -0.455 e. The van der Waals surface area contributed by atoms with Gasteiger partial charge in [0.1, 0.15) is 24.7 Å². The lowest BCUT2D eigenvalue weighted by Crippen LogP contribution is -2.34. The van der Waals surface area contributed by atoms with Gasteiger partial charge in [0.25, 0.3) is 0 Å². The van der Waals surface area contributed by atoms with Crippen molar-refractivity contribution in [1.29, 1.82) is 0 Å². The number of nitro groups is 1. The van der Waals surface area contributed by atoms with Crippen LogP contribution >= 0.6 is 0 Å². The zero-order valence-corrected chi connectivity index (χ0v) is 17.4. The van der Waals surface area contributed by atoms with Crippen LogP contribution in [0.5, 0.6) is 12.0 Å². The van der Waals surface area contributed by atoms with Gasteiger partial charge in [-0.15, -0.1) is 0 Å². The molecule has 2 aliphatic heterocycles. The molecule has 1 N–H and O–H groups in total. The van der Waals surface area contributed by atoms with E-state index in [4.69, 9.17) is 19.3 Å². The van der Waals surface area contributed by atoms with Crippen LogP contribution in [0.15, 0.2) is 36.8 Å². The van der Waals surface area contributed by atoms with Crippen LogP contribution in [0.25, 0.3) is 11.1 Å². The van der Waals surface area contributed by atoms with Crippen LogP contribution in [0.4, 0.5) is 20.7 Å². The van der Waals surface area contributed by atoms with E-state index >= 15 is 0 Å². The number of ether oxygens (including phenoxy) is 3. The number of aromatic nitrogens is 4. The highest BCUT2D eigenvalue weighted by atomic mass is 19.1. The van der Waals surface area contributed by atoms with E-state index in [9.17, 15) is 19.3 Å². The summed E-state index contributed by atoms with van der Waals surface area (Å²) in [4.78, 5) is 35.4. The van der Waals surface area contributed by atoms with Crippen LogP contribution in [0.1, 0.15) is 0 Å². The van der Waals surface area contributed by atoms with Gasteiger partial charge in [-0.1, -0.05) is 0 Å². The summed E-state index contributed by atoms with van der Waals surface area (Å²) in [6, 6.07) is 4.41. The molecule has 5 rings (SSSR count). The number of rotatable bonds is 6. The van der Waals surface area contributed by atoms with Gasteiger partial charge < -0.3 is 29.4 Å². The Labute approximate surface area is 190 Å². The molecule has 0 spiro atoms. The number of anilines is 1. The van der Waals surface area contributed by atoms with Gasteiger partial charge in [0, 0.05) is 28.5 Å². The number of nitrogens with zero attached hydrogens (tertiary/aromatic N) is 6. The molecule has 4 heterocycles. The second-order valence-corrected chi connectivity index (χ2v) is 7.56. The van der Waals surface area contributed by atoms with Crippen molar-refractivity contribution in [1.82, 2.24) is 19.5 Å². The first-order chi connectivity index (χ1) is 16.4. The molecule has 0 radical (unpaired) electrons. The predicted octanol–water partition coefficient (Wildman–Crippen LogP) is 1.54. The Kier molecular flexibility index (Phi) is 5.41. The number of cyclic esters (lactones) is 1. The van der Waals surface area contributed by atoms with Crippen molar-refractivity contribution in [3.8, 4) is 23.1 Å². The Morgan fingerprint density at radius 3 is 2.76 bits per heavy atom. The van der Waals surface area contributed by atoms with E-state index in [0.717, 1.165) is 0 Å². The molecule has 1 aromatic carbocycles. The topological polar surface area (TPSA) is 155 Å². The van der Waals surface area contributed by atoms with Gasteiger partial charge in [-0.3, -0.25) is 9.47 Å². The summed E-state index contributed by atoms with van der Waals surface area (Å²) in [6.45, 7) is 0.173. The van der Waals surface area contributed by atoms with Crippen molar-refractivity contribution in [2.75, 3.05) is 24.7 Å². The van der Waals surface area contributed by atoms with E-state index in [0.29, 0.717) is 11.3 Å². The molecule has 3 aromatic rings. The molecule has 2 aliphatic rings. The number of halogens is 1. The molecule has 176 valence electrons. The Morgan fingerprint density at radius 1 is 1.29 bits per heavy atom. The van der Waals surface area contributed by atoms with Crippen molar-refractivity contribution in [2.45, 2.75) is 18.8 Å². The molecule has 2 atom stereocenters. The quantitative estimate of drug-likeness (QED) is 0.412. The van der Waals surface area contributed by atoms with Gasteiger partial charge in [-0.2, -0.15) is 0 Å². The van der Waals surface area contributed by atoms with Crippen LogP contribution in [0.2, 0.25) is 0 Å². The van der Waals surface area contributed by atoms with Crippen molar-refractivity contribution in [3.63, 3.8) is 0 Å². The van der Waals surface area contributed by atoms with Crippen molar-refractivity contribution in [2.24, 2.45) is 0 Å². The summed E-state index contributed by atoms with van der Waals surface area (Å²) < 4.78 is 32.3. The first kappa shape index (κ1) is 21.5. The van der Waals surface area contributed by atoms with Crippen LogP contribution in [0, 0.1) is 15.9 Å². The van der Waals surface area contributed by atoms with Crippen molar-refractivity contribution >= 4 is 17.6 Å². The lowest BCUT2D eigenvalue weighted by molar-refractivity contribution is -0.389. The largest absolute Gasteiger partial charge is 0.455 e. The van der Waals surface area contributed by atoms with Crippen LogP contribution in [-0.2, 0) is 11.3 Å². The number of hydrogen-bond acceptors (Lipinski definition) is 10. The summed E-state index contributed by atoms with van der Waals surface area (Å²) in [5.41, 5.74) is 0.915. The predicted molar refractivity (Wildman–Crippen MR) is 111 cm³/mol. The third kappa shape index (κ3) is 4.05. The standard InChI is InChI=1S/C20H17FN6O7/c21-16-3-12(26-7-13(9-28)34-20(26)29)1-2-15(16)11-4-22-18(23-5-11)33-14-6-25-8-17(27(30)31)24-19(25)32-10-14/h1-5,8,13-14,28H,6-7,9-10H2/t13-,14?/m1/s1. The summed E-state index contributed by atoms with van der Waals surface area (Å²) >= 11 is 0. The molecular weight excluding hydrogens is 455 g/mol. The lowest BCUT2D eigenvalue weighted by atomic mass is 10.1. The third-order valence-electron chi connectivity index (χ3n) is 5.27. The Balaban J connectivity index is 1.26. The molecule has 1 saturated heterocycles. The molecule has 2 aromatic heterocycles. The van der Waals surface area contributed by atoms with Gasteiger partial charge in [0.2, 0.25) is 0 Å². The van der Waals surface area contributed by atoms with Crippen LogP contribution < -0.4 is 14.4 Å². The number of hydrogen-bond donors (Lipinski definition) is 1. The first-order valence-corrected chi connectivity index (χ1v) is 10.1. The maximum atomic E-state index is 14.8. The maximum absolute atomic E-state index is 14.8. The third-order valence-corrected chi connectivity index (χ3v) is 5.27. The zero-order chi connectivity index (χ0) is 23.8. The molecule has 1 fully saturated rings. The number of amides is 1. The number of aliphatic hydroxyl groups is 1. The van der Waals surface area contributed by atoms with Gasteiger partial charge in [0.05, 0.1) is 25.4 Å². The number of imidazole rings is 1. The first-order valence-electron chi connectivity index (χ1n) is 10.1. The van der Waals surface area contributed by atoms with Crippen molar-refractivity contribution in [3.05, 3.63) is 52.7 Å². The highest BCUT2D eigenvalue weighted by Gasteiger charge is 2.32. The van der Waals surface area contributed by atoms with Gasteiger partial charge >= 0.3 is 23.9 Å². The molecular formula is C20H17FN6O7. The van der Waals surface area contributed by atoms with Crippen LogP contribution in [-0.4, -0.2) is 67.6 Å². The second kappa shape index (κ2) is 8.55. The average molecular weight is 472 g/mol. The Hall–Kier alpha value is -4.33. The van der Waals surface area contributed by atoms with Gasteiger partial charge in [0.15, 0.2) is 6.10 Å². The molecule has 0 aliphatic carbocycles. The molecule has 34 heavy (non-hydrogen) atoms. The van der Waals surface area contributed by atoms with Gasteiger partial charge in [-0.25, -0.2) is 19.2 Å². The minimum atomic E-state index is -0.653. The average Bonchev–Trinajstić information content (AvgIpc) is 3.43. The SMILES string of the molecule is O=C1O[C@@H](CO)CN1c1ccc(-c2cnc(OC3COc4nc([N+](=O)[O-])cn4C3)nc2)c(F)c1. The van der Waals surface area contributed by atoms with Crippen LogP contribution in [0.3, 0.4) is 0 Å². The minimum absolute atomic E-state index is 0.0299.